The van der Waals surface area contributed by atoms with Crippen LogP contribution in [-0.4, -0.2) is 24.8 Å². The molecule has 2 aromatic rings. The number of rotatable bonds is 6. The number of amides is 1. The van der Waals surface area contributed by atoms with Gasteiger partial charge in [-0.15, -0.1) is 0 Å². The number of ether oxygens (including phenoxy) is 1. The van der Waals surface area contributed by atoms with Crippen LogP contribution in [-0.2, 0) is 4.79 Å². The molecule has 0 saturated heterocycles. The van der Waals surface area contributed by atoms with Crippen LogP contribution in [0.5, 0.6) is 5.75 Å². The highest BCUT2D eigenvalue weighted by Gasteiger charge is 2.35. The summed E-state index contributed by atoms with van der Waals surface area (Å²) < 4.78 is 6.51. The SMILES string of the molecule is Cc1cccc(OCCCCN2C(=O)C(=O)c3cc(Br)ccc32)c1. The largest absolute Gasteiger partial charge is 0.494 e. The predicted octanol–water partition coefficient (Wildman–Crippen LogP) is 4.15. The Labute approximate surface area is 149 Å². The van der Waals surface area contributed by atoms with Crippen molar-refractivity contribution in [2.75, 3.05) is 18.1 Å². The molecule has 0 saturated carbocycles. The Hall–Kier alpha value is -2.14. The molecule has 24 heavy (non-hydrogen) atoms. The molecule has 0 bridgehead atoms. The monoisotopic (exact) mass is 387 g/mol. The molecule has 124 valence electrons. The minimum absolute atomic E-state index is 0.428. The molecule has 0 fully saturated rings. The smallest absolute Gasteiger partial charge is 0.299 e. The molecule has 1 heterocycles. The number of ketones is 1. The Bertz CT molecular complexity index is 788. The number of nitrogens with zero attached hydrogens (tertiary/aromatic N) is 1. The fraction of sp³-hybridized carbons (Fsp3) is 0.263. The normalized spacial score (nSPS) is 13.3. The molecular weight excluding hydrogens is 370 g/mol. The summed E-state index contributed by atoms with van der Waals surface area (Å²) in [6.45, 7) is 3.14. The van der Waals surface area contributed by atoms with Crippen LogP contribution in [0, 0.1) is 6.92 Å². The number of Topliss-reactive ketones (excluding diaryl/α,β-unsaturated/α-hetero) is 1. The van der Waals surface area contributed by atoms with E-state index in [-0.39, 0.29) is 0 Å². The first-order valence-corrected chi connectivity index (χ1v) is 8.71. The van der Waals surface area contributed by atoms with Crippen molar-refractivity contribution in [1.29, 1.82) is 0 Å². The summed E-state index contributed by atoms with van der Waals surface area (Å²) in [4.78, 5) is 25.7. The second kappa shape index (κ2) is 7.18. The van der Waals surface area contributed by atoms with E-state index in [1.165, 1.54) is 0 Å². The molecule has 0 atom stereocenters. The van der Waals surface area contributed by atoms with Gasteiger partial charge in [-0.1, -0.05) is 28.1 Å². The van der Waals surface area contributed by atoms with Crippen LogP contribution < -0.4 is 9.64 Å². The molecule has 4 nitrogen and oxygen atoms in total. The fourth-order valence-corrected chi connectivity index (χ4v) is 3.12. The quantitative estimate of drug-likeness (QED) is 0.552. The van der Waals surface area contributed by atoms with Gasteiger partial charge in [0.2, 0.25) is 0 Å². The highest BCUT2D eigenvalue weighted by Crippen LogP contribution is 2.31. The van der Waals surface area contributed by atoms with E-state index >= 15 is 0 Å². The van der Waals surface area contributed by atoms with Gasteiger partial charge in [-0.25, -0.2) is 0 Å². The predicted molar refractivity (Wildman–Crippen MR) is 96.7 cm³/mol. The first-order chi connectivity index (χ1) is 11.6. The molecule has 2 aromatic carbocycles. The van der Waals surface area contributed by atoms with Crippen LogP contribution in [0.15, 0.2) is 46.9 Å². The van der Waals surface area contributed by atoms with Crippen molar-refractivity contribution in [3.05, 3.63) is 58.1 Å². The maximum Gasteiger partial charge on any atom is 0.299 e. The lowest BCUT2D eigenvalue weighted by Gasteiger charge is -2.16. The third kappa shape index (κ3) is 3.51. The first kappa shape index (κ1) is 16.7. The van der Waals surface area contributed by atoms with Crippen LogP contribution in [0.4, 0.5) is 5.69 Å². The molecule has 0 aliphatic carbocycles. The van der Waals surface area contributed by atoms with Crippen molar-refractivity contribution in [2.24, 2.45) is 0 Å². The number of aryl methyl sites for hydroxylation is 1. The van der Waals surface area contributed by atoms with Crippen molar-refractivity contribution in [3.63, 3.8) is 0 Å². The van der Waals surface area contributed by atoms with E-state index in [1.54, 1.807) is 11.0 Å². The maximum absolute atomic E-state index is 12.1. The van der Waals surface area contributed by atoms with Gasteiger partial charge in [0.05, 0.1) is 17.9 Å². The standard InChI is InChI=1S/C19H18BrNO3/c1-13-5-4-6-15(11-13)24-10-3-2-9-21-17-8-7-14(20)12-16(17)18(22)19(21)23/h4-8,11-12H,2-3,9-10H2,1H3. The number of unbranched alkanes of at least 4 members (excludes halogenated alkanes) is 1. The first-order valence-electron chi connectivity index (χ1n) is 7.91. The van der Waals surface area contributed by atoms with Crippen molar-refractivity contribution in [3.8, 4) is 5.75 Å². The van der Waals surface area contributed by atoms with Gasteiger partial charge in [0.15, 0.2) is 0 Å². The summed E-state index contributed by atoms with van der Waals surface area (Å²) in [5.41, 5.74) is 2.34. The number of hydrogen-bond donors (Lipinski definition) is 0. The highest BCUT2D eigenvalue weighted by molar-refractivity contribution is 9.10. The molecule has 0 spiro atoms. The zero-order chi connectivity index (χ0) is 17.1. The lowest BCUT2D eigenvalue weighted by Crippen LogP contribution is -2.30. The minimum atomic E-state index is -0.442. The van der Waals surface area contributed by atoms with Crippen LogP contribution in [0.2, 0.25) is 0 Å². The van der Waals surface area contributed by atoms with E-state index in [1.807, 2.05) is 43.3 Å². The Kier molecular flexibility index (Phi) is 5.00. The Morgan fingerprint density at radius 3 is 2.71 bits per heavy atom. The Balaban J connectivity index is 1.52. The average molecular weight is 388 g/mol. The molecule has 1 aliphatic rings. The Morgan fingerprint density at radius 1 is 1.08 bits per heavy atom. The van der Waals surface area contributed by atoms with Crippen LogP contribution in [0.1, 0.15) is 28.8 Å². The summed E-state index contributed by atoms with van der Waals surface area (Å²) in [6.07, 6.45) is 1.60. The number of fused-ring (bicyclic) bond motifs is 1. The molecule has 0 unspecified atom stereocenters. The lowest BCUT2D eigenvalue weighted by atomic mass is 10.1. The second-order valence-electron chi connectivity index (χ2n) is 5.82. The molecule has 0 aromatic heterocycles. The van der Waals surface area contributed by atoms with Crippen LogP contribution in [0.25, 0.3) is 0 Å². The summed E-state index contributed by atoms with van der Waals surface area (Å²) in [5.74, 6) is -0.0114. The Morgan fingerprint density at radius 2 is 1.92 bits per heavy atom. The number of benzene rings is 2. The molecule has 1 amide bonds. The van der Waals surface area contributed by atoms with Crippen molar-refractivity contribution < 1.29 is 14.3 Å². The number of halogens is 1. The van der Waals surface area contributed by atoms with Gasteiger partial charge in [0.1, 0.15) is 5.75 Å². The third-order valence-electron chi connectivity index (χ3n) is 3.97. The van der Waals surface area contributed by atoms with Gasteiger partial charge in [0.25, 0.3) is 11.7 Å². The minimum Gasteiger partial charge on any atom is -0.494 e. The molecular formula is C19H18BrNO3. The maximum atomic E-state index is 12.1. The van der Waals surface area contributed by atoms with E-state index < -0.39 is 11.7 Å². The zero-order valence-corrected chi connectivity index (χ0v) is 15.0. The van der Waals surface area contributed by atoms with Crippen molar-refractivity contribution in [1.82, 2.24) is 0 Å². The van der Waals surface area contributed by atoms with Crippen molar-refractivity contribution in [2.45, 2.75) is 19.8 Å². The third-order valence-corrected chi connectivity index (χ3v) is 4.46. The number of hydrogen-bond acceptors (Lipinski definition) is 3. The van der Waals surface area contributed by atoms with Gasteiger partial charge < -0.3 is 9.64 Å². The summed E-state index contributed by atoms with van der Waals surface area (Å²) >= 11 is 3.33. The van der Waals surface area contributed by atoms with Crippen molar-refractivity contribution >= 4 is 33.3 Å². The van der Waals surface area contributed by atoms with E-state index in [9.17, 15) is 9.59 Å². The second-order valence-corrected chi connectivity index (χ2v) is 6.74. The van der Waals surface area contributed by atoms with Gasteiger partial charge in [-0.2, -0.15) is 0 Å². The van der Waals surface area contributed by atoms with E-state index in [4.69, 9.17) is 4.74 Å². The number of carbonyl (C=O) groups excluding carboxylic acids is 2. The van der Waals surface area contributed by atoms with Gasteiger partial charge in [-0.05, 0) is 55.7 Å². The molecule has 0 radical (unpaired) electrons. The highest BCUT2D eigenvalue weighted by atomic mass is 79.9. The molecule has 5 heteroatoms. The van der Waals surface area contributed by atoms with E-state index in [0.717, 1.165) is 28.6 Å². The summed E-state index contributed by atoms with van der Waals surface area (Å²) in [6, 6.07) is 13.3. The molecule has 3 rings (SSSR count). The molecule has 0 N–H and O–H groups in total. The average Bonchev–Trinajstić information content (AvgIpc) is 2.79. The zero-order valence-electron chi connectivity index (χ0n) is 13.4. The molecule has 1 aliphatic heterocycles. The number of carbonyl (C=O) groups is 2. The van der Waals surface area contributed by atoms with Crippen LogP contribution in [0.3, 0.4) is 0 Å². The summed E-state index contributed by atoms with van der Waals surface area (Å²) in [5, 5.41) is 0. The van der Waals surface area contributed by atoms with Gasteiger partial charge in [-0.3, -0.25) is 9.59 Å². The van der Waals surface area contributed by atoms with Crippen LogP contribution >= 0.6 is 15.9 Å². The van der Waals surface area contributed by atoms with Gasteiger partial charge >= 0.3 is 0 Å². The van der Waals surface area contributed by atoms with Gasteiger partial charge in [0, 0.05) is 11.0 Å². The lowest BCUT2D eigenvalue weighted by molar-refractivity contribution is -0.114. The van der Waals surface area contributed by atoms with E-state index in [2.05, 4.69) is 15.9 Å². The van der Waals surface area contributed by atoms with E-state index in [0.29, 0.717) is 24.4 Å². The topological polar surface area (TPSA) is 46.6 Å². The number of anilines is 1. The fourth-order valence-electron chi connectivity index (χ4n) is 2.76. The summed E-state index contributed by atoms with van der Waals surface area (Å²) in [7, 11) is 0.